The van der Waals surface area contributed by atoms with E-state index < -0.39 is 5.69 Å². The lowest BCUT2D eigenvalue weighted by atomic mass is 9.92. The number of fused-ring (bicyclic) bond motifs is 3. The summed E-state index contributed by atoms with van der Waals surface area (Å²) in [5.41, 5.74) is 0.655. The van der Waals surface area contributed by atoms with Gasteiger partial charge in [-0.15, -0.1) is 5.10 Å². The molecule has 0 saturated carbocycles. The first-order valence-electron chi connectivity index (χ1n) is 9.69. The highest BCUT2D eigenvalue weighted by atomic mass is 16.5. The van der Waals surface area contributed by atoms with E-state index in [9.17, 15) is 9.59 Å². The van der Waals surface area contributed by atoms with Crippen molar-refractivity contribution in [3.8, 4) is 11.5 Å². The zero-order valence-corrected chi connectivity index (χ0v) is 17.1. The van der Waals surface area contributed by atoms with Crippen LogP contribution in [-0.2, 0) is 11.3 Å². The van der Waals surface area contributed by atoms with Gasteiger partial charge in [-0.05, 0) is 24.3 Å². The largest absolute Gasteiger partial charge is 0.493 e. The summed E-state index contributed by atoms with van der Waals surface area (Å²) in [6, 6.07) is 3.47. The molecule has 0 spiro atoms. The maximum absolute atomic E-state index is 12.8. The average molecular weight is 399 g/mol. The highest BCUT2D eigenvalue weighted by Crippen LogP contribution is 2.32. The maximum atomic E-state index is 12.8. The topological polar surface area (TPSA) is 91.0 Å². The second-order valence-corrected chi connectivity index (χ2v) is 7.85. The molecule has 9 nitrogen and oxygen atoms in total. The molecule has 0 N–H and O–H groups in total. The summed E-state index contributed by atoms with van der Waals surface area (Å²) in [4.78, 5) is 31.8. The molecule has 3 heterocycles. The molecule has 1 aliphatic rings. The minimum Gasteiger partial charge on any atom is -0.493 e. The van der Waals surface area contributed by atoms with E-state index >= 15 is 0 Å². The summed E-state index contributed by atoms with van der Waals surface area (Å²) in [5, 5.41) is 5.07. The molecule has 2 aromatic heterocycles. The Kier molecular flexibility index (Phi) is 4.89. The summed E-state index contributed by atoms with van der Waals surface area (Å²) in [5.74, 6) is 1.88. The summed E-state index contributed by atoms with van der Waals surface area (Å²) >= 11 is 0. The van der Waals surface area contributed by atoms with E-state index in [2.05, 4.69) is 23.9 Å². The lowest BCUT2D eigenvalue weighted by Gasteiger charge is -2.34. The molecule has 1 aromatic carbocycles. The number of methoxy groups -OCH3 is 2. The van der Waals surface area contributed by atoms with Gasteiger partial charge in [-0.2, -0.15) is 0 Å². The first-order valence-corrected chi connectivity index (χ1v) is 9.69. The lowest BCUT2D eigenvalue weighted by Crippen LogP contribution is -2.45. The summed E-state index contributed by atoms with van der Waals surface area (Å²) in [7, 11) is 3.09. The molecule has 1 saturated heterocycles. The smallest absolute Gasteiger partial charge is 0.352 e. The Morgan fingerprint density at radius 2 is 1.79 bits per heavy atom. The number of carbonyl (C=O) groups is 1. The Morgan fingerprint density at radius 3 is 2.45 bits per heavy atom. The van der Waals surface area contributed by atoms with Crippen LogP contribution in [-0.4, -0.2) is 57.3 Å². The van der Waals surface area contributed by atoms with E-state index in [0.29, 0.717) is 53.0 Å². The normalized spacial score (nSPS) is 19.7. The number of piperidine rings is 1. The van der Waals surface area contributed by atoms with E-state index in [1.54, 1.807) is 26.4 Å². The Hall–Kier alpha value is -3.10. The fourth-order valence-electron chi connectivity index (χ4n) is 4.18. The molecule has 2 atom stereocenters. The van der Waals surface area contributed by atoms with Crippen LogP contribution in [0.25, 0.3) is 16.6 Å². The van der Waals surface area contributed by atoms with Gasteiger partial charge in [-0.3, -0.25) is 4.79 Å². The van der Waals surface area contributed by atoms with Gasteiger partial charge in [0.25, 0.3) is 0 Å². The second kappa shape index (κ2) is 7.38. The molecule has 29 heavy (non-hydrogen) atoms. The molecule has 1 fully saturated rings. The van der Waals surface area contributed by atoms with Gasteiger partial charge in [0.05, 0.1) is 19.7 Å². The van der Waals surface area contributed by atoms with Crippen molar-refractivity contribution < 1.29 is 14.3 Å². The average Bonchev–Trinajstić information content (AvgIpc) is 3.02. The molecule has 1 aliphatic heterocycles. The van der Waals surface area contributed by atoms with E-state index in [1.807, 2.05) is 4.90 Å². The predicted molar refractivity (Wildman–Crippen MR) is 107 cm³/mol. The molecule has 9 heteroatoms. The number of rotatable bonds is 4. The second-order valence-electron chi connectivity index (χ2n) is 7.85. The Balaban J connectivity index is 1.72. The van der Waals surface area contributed by atoms with Crippen LogP contribution >= 0.6 is 0 Å². The fourth-order valence-corrected chi connectivity index (χ4v) is 4.18. The molecule has 0 aliphatic carbocycles. The van der Waals surface area contributed by atoms with Crippen LogP contribution in [0, 0.1) is 11.8 Å². The summed E-state index contributed by atoms with van der Waals surface area (Å²) in [6.07, 6.45) is 2.53. The van der Waals surface area contributed by atoms with Gasteiger partial charge < -0.3 is 14.4 Å². The number of hydrogen-bond donors (Lipinski definition) is 0. The molecule has 4 rings (SSSR count). The lowest BCUT2D eigenvalue weighted by molar-refractivity contribution is -0.134. The molecule has 0 radical (unpaired) electrons. The quantitative estimate of drug-likeness (QED) is 0.661. The molecular formula is C20H25N5O4. The number of likely N-dealkylation sites (tertiary alicyclic amines) is 1. The van der Waals surface area contributed by atoms with Crippen molar-refractivity contribution in [2.45, 2.75) is 26.8 Å². The van der Waals surface area contributed by atoms with Crippen molar-refractivity contribution in [3.05, 3.63) is 28.9 Å². The Bertz CT molecular complexity index is 1130. The Labute approximate surface area is 167 Å². The number of ether oxygens (including phenoxy) is 2. The minimum absolute atomic E-state index is 0.0886. The number of nitrogens with zero attached hydrogens (tertiary/aromatic N) is 5. The van der Waals surface area contributed by atoms with Crippen LogP contribution in [0.1, 0.15) is 20.3 Å². The number of carbonyl (C=O) groups excluding carboxylic acids is 1. The third-order valence-electron chi connectivity index (χ3n) is 5.43. The van der Waals surface area contributed by atoms with Gasteiger partial charge in [0.15, 0.2) is 17.1 Å². The van der Waals surface area contributed by atoms with Crippen LogP contribution in [0.15, 0.2) is 23.3 Å². The third kappa shape index (κ3) is 3.41. The molecule has 1 amide bonds. The van der Waals surface area contributed by atoms with Crippen LogP contribution in [0.5, 0.6) is 11.5 Å². The van der Waals surface area contributed by atoms with Crippen LogP contribution in [0.2, 0.25) is 0 Å². The first-order chi connectivity index (χ1) is 13.9. The van der Waals surface area contributed by atoms with E-state index in [4.69, 9.17) is 9.47 Å². The first kappa shape index (κ1) is 19.2. The Morgan fingerprint density at radius 1 is 1.14 bits per heavy atom. The van der Waals surface area contributed by atoms with Crippen molar-refractivity contribution in [1.82, 2.24) is 24.1 Å². The monoisotopic (exact) mass is 399 g/mol. The van der Waals surface area contributed by atoms with Crippen molar-refractivity contribution >= 4 is 22.5 Å². The molecular weight excluding hydrogens is 374 g/mol. The molecule has 3 aromatic rings. The highest BCUT2D eigenvalue weighted by molar-refractivity contribution is 5.93. The van der Waals surface area contributed by atoms with Crippen molar-refractivity contribution in [1.29, 1.82) is 0 Å². The zero-order chi connectivity index (χ0) is 20.7. The zero-order valence-electron chi connectivity index (χ0n) is 17.1. The minimum atomic E-state index is -0.393. The molecule has 0 unspecified atom stereocenters. The van der Waals surface area contributed by atoms with Crippen LogP contribution in [0.3, 0.4) is 0 Å². The fraction of sp³-hybridized carbons (Fsp3) is 0.500. The van der Waals surface area contributed by atoms with E-state index in [-0.39, 0.29) is 12.5 Å². The highest BCUT2D eigenvalue weighted by Gasteiger charge is 2.26. The number of benzene rings is 1. The van der Waals surface area contributed by atoms with Crippen LogP contribution < -0.4 is 15.2 Å². The SMILES string of the molecule is COc1cc2ncn3c(=O)n(CC(=O)N4C[C@H](C)C[C@@H](C)C4)nc3c2cc1OC. The van der Waals surface area contributed by atoms with Crippen LogP contribution in [0.4, 0.5) is 0 Å². The van der Waals surface area contributed by atoms with Crippen molar-refractivity contribution in [2.24, 2.45) is 11.8 Å². The summed E-state index contributed by atoms with van der Waals surface area (Å²) < 4.78 is 13.2. The van der Waals surface area contributed by atoms with E-state index in [0.717, 1.165) is 6.42 Å². The third-order valence-corrected chi connectivity index (χ3v) is 5.43. The maximum Gasteiger partial charge on any atom is 0.352 e. The van der Waals surface area contributed by atoms with Gasteiger partial charge in [0, 0.05) is 24.5 Å². The standard InChI is InChI=1S/C20H25N5O4/c1-12-5-13(2)9-23(8-12)18(26)10-25-20(27)24-11-21-15-7-17(29-4)16(28-3)6-14(15)19(24)22-25/h6-7,11-13H,5,8-10H2,1-4H3/t12-,13-/m1/s1. The van der Waals surface area contributed by atoms with Gasteiger partial charge >= 0.3 is 5.69 Å². The number of hydrogen-bond acceptors (Lipinski definition) is 6. The number of aromatic nitrogens is 4. The summed E-state index contributed by atoms with van der Waals surface area (Å²) in [6.45, 7) is 5.63. The predicted octanol–water partition coefficient (Wildman–Crippen LogP) is 1.57. The molecule has 0 bridgehead atoms. The van der Waals surface area contributed by atoms with E-state index in [1.165, 1.54) is 15.4 Å². The van der Waals surface area contributed by atoms with Crippen molar-refractivity contribution in [3.63, 3.8) is 0 Å². The van der Waals surface area contributed by atoms with Crippen molar-refractivity contribution in [2.75, 3.05) is 27.3 Å². The van der Waals surface area contributed by atoms with Gasteiger partial charge in [0.1, 0.15) is 12.9 Å². The van der Waals surface area contributed by atoms with Gasteiger partial charge in [-0.1, -0.05) is 13.8 Å². The van der Waals surface area contributed by atoms with Gasteiger partial charge in [0.2, 0.25) is 5.91 Å². The van der Waals surface area contributed by atoms with Gasteiger partial charge in [-0.25, -0.2) is 18.9 Å². The molecule has 154 valence electrons. The number of amides is 1.